The number of hydrogen-bond acceptors (Lipinski definition) is 3. The van der Waals surface area contributed by atoms with Gasteiger partial charge in [-0.2, -0.15) is 0 Å². The summed E-state index contributed by atoms with van der Waals surface area (Å²) in [6.45, 7) is 0.527. The van der Waals surface area contributed by atoms with Crippen LogP contribution in [0.1, 0.15) is 11.1 Å². The molecule has 0 spiro atoms. The maximum atomic E-state index is 11.8. The van der Waals surface area contributed by atoms with Crippen LogP contribution < -0.4 is 20.1 Å². The highest BCUT2D eigenvalue weighted by Crippen LogP contribution is 2.17. The average Bonchev–Trinajstić information content (AvgIpc) is 2.62. The average molecular weight is 326 g/mol. The third kappa shape index (κ3) is 5.35. The van der Waals surface area contributed by atoms with Crippen LogP contribution in [0, 0.1) is 0 Å². The largest absolute Gasteiger partial charge is 0.497 e. The fourth-order valence-corrected chi connectivity index (χ4v) is 2.23. The molecule has 5 nitrogen and oxygen atoms in total. The predicted octanol–water partition coefficient (Wildman–Crippen LogP) is 3.22. The molecule has 0 saturated heterocycles. The molecule has 0 aliphatic heterocycles. The lowest BCUT2D eigenvalue weighted by atomic mass is 10.1. The Labute approximate surface area is 142 Å². The minimum absolute atomic E-state index is 0.246. The molecule has 0 aromatic heterocycles. The topological polar surface area (TPSA) is 59.6 Å². The molecule has 24 heavy (non-hydrogen) atoms. The van der Waals surface area contributed by atoms with Gasteiger partial charge < -0.3 is 20.1 Å². The van der Waals surface area contributed by atoms with Crippen molar-refractivity contribution in [3.8, 4) is 11.5 Å². The fraction of sp³-hybridized carbons (Fsp3) is 0.211. The number of carbonyl (C=O) groups excluding carboxylic acids is 1. The number of rotatable bonds is 7. The standard InChI is InChI=1S/C19H22N2O3/c1-23-17-8-5-6-15(14-17)10-12-20-19(22)21-13-11-16-7-3-4-9-18(16)24-2/h3-10,12,14H,11,13H2,1-2H3,(H2,20,21,22)/b12-10+. The zero-order valence-corrected chi connectivity index (χ0v) is 13.9. The van der Waals surface area contributed by atoms with Crippen LogP contribution in [0.5, 0.6) is 11.5 Å². The van der Waals surface area contributed by atoms with Crippen LogP contribution in [0.15, 0.2) is 54.7 Å². The first-order valence-corrected chi connectivity index (χ1v) is 7.70. The third-order valence-corrected chi connectivity index (χ3v) is 3.46. The van der Waals surface area contributed by atoms with Gasteiger partial charge in [0.2, 0.25) is 0 Å². The van der Waals surface area contributed by atoms with Crippen LogP contribution in [0.2, 0.25) is 0 Å². The van der Waals surface area contributed by atoms with Gasteiger partial charge in [-0.1, -0.05) is 30.3 Å². The molecule has 2 aromatic carbocycles. The van der Waals surface area contributed by atoms with Crippen molar-refractivity contribution in [2.24, 2.45) is 0 Å². The van der Waals surface area contributed by atoms with Crippen LogP contribution in [-0.2, 0) is 6.42 Å². The van der Waals surface area contributed by atoms with Crippen LogP contribution >= 0.6 is 0 Å². The molecule has 0 fully saturated rings. The van der Waals surface area contributed by atoms with Crippen molar-refractivity contribution < 1.29 is 14.3 Å². The summed E-state index contributed by atoms with van der Waals surface area (Å²) in [5, 5.41) is 5.49. The van der Waals surface area contributed by atoms with E-state index in [-0.39, 0.29) is 6.03 Å². The van der Waals surface area contributed by atoms with E-state index in [9.17, 15) is 4.79 Å². The van der Waals surface area contributed by atoms with E-state index in [2.05, 4.69) is 10.6 Å². The van der Waals surface area contributed by atoms with Gasteiger partial charge in [-0.3, -0.25) is 0 Å². The van der Waals surface area contributed by atoms with Crippen molar-refractivity contribution in [1.29, 1.82) is 0 Å². The Hall–Kier alpha value is -2.95. The van der Waals surface area contributed by atoms with E-state index in [0.29, 0.717) is 13.0 Å². The molecule has 0 unspecified atom stereocenters. The van der Waals surface area contributed by atoms with Crippen LogP contribution in [0.25, 0.3) is 6.08 Å². The van der Waals surface area contributed by atoms with E-state index in [0.717, 1.165) is 22.6 Å². The maximum Gasteiger partial charge on any atom is 0.318 e. The summed E-state index contributed by atoms with van der Waals surface area (Å²) >= 11 is 0. The van der Waals surface area contributed by atoms with Gasteiger partial charge in [0.25, 0.3) is 0 Å². The summed E-state index contributed by atoms with van der Waals surface area (Å²) < 4.78 is 10.4. The van der Waals surface area contributed by atoms with E-state index in [1.165, 1.54) is 0 Å². The van der Waals surface area contributed by atoms with E-state index in [1.54, 1.807) is 20.4 Å². The molecule has 2 rings (SSSR count). The molecular weight excluding hydrogens is 304 g/mol. The molecule has 0 atom stereocenters. The Morgan fingerprint density at radius 1 is 1.08 bits per heavy atom. The number of hydrogen-bond donors (Lipinski definition) is 2. The number of ether oxygens (including phenoxy) is 2. The van der Waals surface area contributed by atoms with Crippen molar-refractivity contribution >= 4 is 12.1 Å². The first kappa shape index (κ1) is 17.4. The highest BCUT2D eigenvalue weighted by atomic mass is 16.5. The first-order chi connectivity index (χ1) is 11.7. The van der Waals surface area contributed by atoms with Crippen molar-refractivity contribution in [1.82, 2.24) is 10.6 Å². The molecule has 0 aliphatic carbocycles. The molecular formula is C19H22N2O3. The van der Waals surface area contributed by atoms with Gasteiger partial charge in [-0.05, 0) is 41.8 Å². The number of methoxy groups -OCH3 is 2. The van der Waals surface area contributed by atoms with E-state index in [4.69, 9.17) is 9.47 Å². The maximum absolute atomic E-state index is 11.8. The quantitative estimate of drug-likeness (QED) is 0.821. The van der Waals surface area contributed by atoms with Crippen molar-refractivity contribution in [3.05, 3.63) is 65.9 Å². The number of benzene rings is 2. The molecule has 126 valence electrons. The smallest absolute Gasteiger partial charge is 0.318 e. The molecule has 2 amide bonds. The van der Waals surface area contributed by atoms with Gasteiger partial charge in [-0.25, -0.2) is 4.79 Å². The van der Waals surface area contributed by atoms with Crippen LogP contribution in [-0.4, -0.2) is 26.8 Å². The molecule has 5 heteroatoms. The molecule has 0 heterocycles. The Morgan fingerprint density at radius 3 is 2.71 bits per heavy atom. The summed E-state index contributed by atoms with van der Waals surface area (Å²) in [4.78, 5) is 11.8. The van der Waals surface area contributed by atoms with Crippen LogP contribution in [0.4, 0.5) is 4.79 Å². The summed E-state index contributed by atoms with van der Waals surface area (Å²) in [5.74, 6) is 1.61. The number of urea groups is 1. The monoisotopic (exact) mass is 326 g/mol. The molecule has 0 saturated carbocycles. The zero-order chi connectivity index (χ0) is 17.2. The molecule has 0 bridgehead atoms. The lowest BCUT2D eigenvalue weighted by molar-refractivity contribution is 0.244. The van der Waals surface area contributed by atoms with Crippen molar-refractivity contribution in [2.75, 3.05) is 20.8 Å². The summed E-state index contributed by atoms with van der Waals surface area (Å²) in [6.07, 6.45) is 4.12. The van der Waals surface area contributed by atoms with Gasteiger partial charge in [-0.15, -0.1) is 0 Å². The number of para-hydroxylation sites is 1. The van der Waals surface area contributed by atoms with Gasteiger partial charge in [0.1, 0.15) is 11.5 Å². The Balaban J connectivity index is 1.76. The summed E-state index contributed by atoms with van der Waals surface area (Å²) in [7, 11) is 3.26. The third-order valence-electron chi connectivity index (χ3n) is 3.46. The van der Waals surface area contributed by atoms with Gasteiger partial charge >= 0.3 is 6.03 Å². The molecule has 0 radical (unpaired) electrons. The van der Waals surface area contributed by atoms with Gasteiger partial charge in [0.15, 0.2) is 0 Å². The van der Waals surface area contributed by atoms with Gasteiger partial charge in [0, 0.05) is 12.7 Å². The van der Waals surface area contributed by atoms with Gasteiger partial charge in [0.05, 0.1) is 14.2 Å². The second-order valence-electron chi connectivity index (χ2n) is 5.07. The van der Waals surface area contributed by atoms with E-state index >= 15 is 0 Å². The Kier molecular flexibility index (Phi) is 6.71. The minimum Gasteiger partial charge on any atom is -0.497 e. The number of nitrogens with one attached hydrogen (secondary N) is 2. The first-order valence-electron chi connectivity index (χ1n) is 7.70. The van der Waals surface area contributed by atoms with Crippen molar-refractivity contribution in [2.45, 2.75) is 6.42 Å². The molecule has 0 aliphatic rings. The highest BCUT2D eigenvalue weighted by molar-refractivity contribution is 5.75. The normalized spacial score (nSPS) is 10.4. The lowest BCUT2D eigenvalue weighted by Gasteiger charge is -2.08. The number of amides is 2. The Morgan fingerprint density at radius 2 is 1.92 bits per heavy atom. The van der Waals surface area contributed by atoms with Crippen LogP contribution in [0.3, 0.4) is 0 Å². The minimum atomic E-state index is -0.246. The second kappa shape index (κ2) is 9.25. The summed E-state index contributed by atoms with van der Waals surface area (Å²) in [6, 6.07) is 15.1. The number of carbonyl (C=O) groups is 1. The highest BCUT2D eigenvalue weighted by Gasteiger charge is 2.02. The predicted molar refractivity (Wildman–Crippen MR) is 95.3 cm³/mol. The summed E-state index contributed by atoms with van der Waals surface area (Å²) in [5.41, 5.74) is 2.01. The molecule has 2 N–H and O–H groups in total. The SMILES string of the molecule is COc1cccc(/C=C/NC(=O)NCCc2ccccc2OC)c1. The zero-order valence-electron chi connectivity index (χ0n) is 13.9. The lowest BCUT2D eigenvalue weighted by Crippen LogP contribution is -2.33. The van der Waals surface area contributed by atoms with E-state index in [1.807, 2.05) is 54.6 Å². The Bertz CT molecular complexity index is 699. The second-order valence-corrected chi connectivity index (χ2v) is 5.07. The fourth-order valence-electron chi connectivity index (χ4n) is 2.23. The van der Waals surface area contributed by atoms with E-state index < -0.39 is 0 Å². The molecule has 2 aromatic rings. The van der Waals surface area contributed by atoms with Crippen molar-refractivity contribution in [3.63, 3.8) is 0 Å².